The Bertz CT molecular complexity index is 932. The Kier molecular flexibility index (Phi) is 4.61. The van der Waals surface area contributed by atoms with Gasteiger partial charge in [-0.15, -0.1) is 0 Å². The molecule has 1 aromatic heterocycles. The van der Waals surface area contributed by atoms with E-state index in [9.17, 15) is 9.90 Å². The SMILES string of the molecule is O=C(NCCC[C@H]1CCCc2c(O)cccc21)c1ccc2nc[nH]c2c1. The van der Waals surface area contributed by atoms with E-state index in [1.807, 2.05) is 18.2 Å². The Morgan fingerprint density at radius 3 is 3.15 bits per heavy atom. The number of aromatic amines is 1. The van der Waals surface area contributed by atoms with Crippen LogP contribution in [0.4, 0.5) is 0 Å². The lowest BCUT2D eigenvalue weighted by molar-refractivity contribution is 0.0953. The largest absolute Gasteiger partial charge is 0.508 e. The highest BCUT2D eigenvalue weighted by Gasteiger charge is 2.21. The van der Waals surface area contributed by atoms with E-state index in [-0.39, 0.29) is 5.91 Å². The lowest BCUT2D eigenvalue weighted by Gasteiger charge is -2.26. The Morgan fingerprint density at radius 1 is 1.31 bits per heavy atom. The molecule has 0 fully saturated rings. The average Bonchev–Trinajstić information content (AvgIpc) is 3.13. The van der Waals surface area contributed by atoms with Crippen molar-refractivity contribution in [3.05, 3.63) is 59.4 Å². The number of phenols is 1. The molecule has 134 valence electrons. The number of hydrogen-bond donors (Lipinski definition) is 3. The number of rotatable bonds is 5. The highest BCUT2D eigenvalue weighted by atomic mass is 16.3. The van der Waals surface area contributed by atoms with Crippen LogP contribution in [-0.4, -0.2) is 27.5 Å². The van der Waals surface area contributed by atoms with Crippen LogP contribution in [0.2, 0.25) is 0 Å². The number of carbonyl (C=O) groups excluding carboxylic acids is 1. The first-order valence-electron chi connectivity index (χ1n) is 9.24. The maximum atomic E-state index is 12.3. The minimum absolute atomic E-state index is 0.0526. The van der Waals surface area contributed by atoms with Gasteiger partial charge in [0, 0.05) is 12.1 Å². The van der Waals surface area contributed by atoms with Gasteiger partial charge >= 0.3 is 0 Å². The van der Waals surface area contributed by atoms with Gasteiger partial charge in [-0.1, -0.05) is 12.1 Å². The highest BCUT2D eigenvalue weighted by Crippen LogP contribution is 2.38. The molecule has 1 atom stereocenters. The molecule has 1 amide bonds. The van der Waals surface area contributed by atoms with E-state index in [2.05, 4.69) is 21.4 Å². The van der Waals surface area contributed by atoms with Crippen molar-refractivity contribution in [2.45, 2.75) is 38.0 Å². The number of imidazole rings is 1. The van der Waals surface area contributed by atoms with Gasteiger partial charge in [-0.05, 0) is 73.4 Å². The van der Waals surface area contributed by atoms with Crippen molar-refractivity contribution in [2.24, 2.45) is 0 Å². The van der Waals surface area contributed by atoms with Gasteiger partial charge in [0.2, 0.25) is 0 Å². The van der Waals surface area contributed by atoms with Crippen molar-refractivity contribution < 1.29 is 9.90 Å². The smallest absolute Gasteiger partial charge is 0.251 e. The van der Waals surface area contributed by atoms with Crippen molar-refractivity contribution >= 4 is 16.9 Å². The van der Waals surface area contributed by atoms with E-state index in [0.717, 1.165) is 48.7 Å². The number of aromatic nitrogens is 2. The molecule has 0 saturated heterocycles. The zero-order valence-electron chi connectivity index (χ0n) is 14.7. The Balaban J connectivity index is 1.32. The summed E-state index contributed by atoms with van der Waals surface area (Å²) in [6, 6.07) is 11.3. The van der Waals surface area contributed by atoms with Gasteiger partial charge in [-0.25, -0.2) is 4.98 Å². The first kappa shape index (κ1) is 16.6. The Labute approximate surface area is 152 Å². The van der Waals surface area contributed by atoms with Crippen LogP contribution in [0.25, 0.3) is 11.0 Å². The van der Waals surface area contributed by atoms with Crippen LogP contribution in [0.15, 0.2) is 42.7 Å². The molecule has 4 rings (SSSR count). The minimum Gasteiger partial charge on any atom is -0.508 e. The second kappa shape index (κ2) is 7.20. The van der Waals surface area contributed by atoms with Crippen molar-refractivity contribution in [1.82, 2.24) is 15.3 Å². The van der Waals surface area contributed by atoms with Crippen LogP contribution < -0.4 is 5.32 Å². The zero-order chi connectivity index (χ0) is 17.9. The molecule has 0 saturated carbocycles. The van der Waals surface area contributed by atoms with Gasteiger partial charge in [-0.2, -0.15) is 0 Å². The van der Waals surface area contributed by atoms with Crippen molar-refractivity contribution in [1.29, 1.82) is 0 Å². The topological polar surface area (TPSA) is 78.0 Å². The second-order valence-electron chi connectivity index (χ2n) is 6.97. The van der Waals surface area contributed by atoms with Gasteiger partial charge in [0.1, 0.15) is 5.75 Å². The molecule has 3 N–H and O–H groups in total. The number of phenolic OH excluding ortho intramolecular Hbond substituents is 1. The van der Waals surface area contributed by atoms with Gasteiger partial charge in [0.05, 0.1) is 17.4 Å². The van der Waals surface area contributed by atoms with Crippen molar-refractivity contribution in [3.8, 4) is 5.75 Å². The quantitative estimate of drug-likeness (QED) is 0.611. The molecule has 1 aliphatic carbocycles. The summed E-state index contributed by atoms with van der Waals surface area (Å²) in [5.74, 6) is 0.849. The molecule has 1 aliphatic rings. The lowest BCUT2D eigenvalue weighted by Crippen LogP contribution is -2.25. The highest BCUT2D eigenvalue weighted by molar-refractivity contribution is 5.97. The summed E-state index contributed by atoms with van der Waals surface area (Å²) < 4.78 is 0. The van der Waals surface area contributed by atoms with E-state index >= 15 is 0 Å². The third-order valence-electron chi connectivity index (χ3n) is 5.30. The molecule has 0 unspecified atom stereocenters. The van der Waals surface area contributed by atoms with Crippen LogP contribution in [0, 0.1) is 0 Å². The summed E-state index contributed by atoms with van der Waals surface area (Å²) in [6.07, 6.45) is 6.82. The standard InChI is InChI=1S/C21H23N3O2/c25-20-8-2-6-16-14(4-1-7-17(16)20)5-3-11-22-21(26)15-9-10-18-19(12-15)24-13-23-18/h2,6,8-10,12-14,25H,1,3-5,7,11H2,(H,22,26)(H,23,24)/t14-/m1/s1. The third-order valence-corrected chi connectivity index (χ3v) is 5.30. The van der Waals surface area contributed by atoms with Gasteiger partial charge in [-0.3, -0.25) is 4.79 Å². The summed E-state index contributed by atoms with van der Waals surface area (Å²) in [6.45, 7) is 0.657. The lowest BCUT2D eigenvalue weighted by atomic mass is 9.80. The van der Waals surface area contributed by atoms with Crippen LogP contribution >= 0.6 is 0 Å². The van der Waals surface area contributed by atoms with E-state index < -0.39 is 0 Å². The maximum absolute atomic E-state index is 12.3. The third kappa shape index (κ3) is 3.29. The van der Waals surface area contributed by atoms with E-state index in [1.54, 1.807) is 18.5 Å². The zero-order valence-corrected chi connectivity index (χ0v) is 14.7. The van der Waals surface area contributed by atoms with Crippen molar-refractivity contribution in [2.75, 3.05) is 6.54 Å². The van der Waals surface area contributed by atoms with Gasteiger partial charge in [0.15, 0.2) is 0 Å². The molecule has 3 aromatic rings. The number of carbonyl (C=O) groups is 1. The Hall–Kier alpha value is -2.82. The summed E-state index contributed by atoms with van der Waals surface area (Å²) in [5, 5.41) is 13.0. The normalized spacial score (nSPS) is 16.4. The fraction of sp³-hybridized carbons (Fsp3) is 0.333. The van der Waals surface area contributed by atoms with Crippen LogP contribution in [0.1, 0.15) is 53.1 Å². The molecule has 5 nitrogen and oxygen atoms in total. The fourth-order valence-electron chi connectivity index (χ4n) is 3.96. The first-order chi connectivity index (χ1) is 12.7. The number of nitrogens with one attached hydrogen (secondary N) is 2. The number of H-pyrrole nitrogens is 1. The summed E-state index contributed by atoms with van der Waals surface area (Å²) >= 11 is 0. The first-order valence-corrected chi connectivity index (χ1v) is 9.24. The average molecular weight is 349 g/mol. The fourth-order valence-corrected chi connectivity index (χ4v) is 3.96. The molecule has 0 bridgehead atoms. The van der Waals surface area contributed by atoms with Crippen molar-refractivity contribution in [3.63, 3.8) is 0 Å². The van der Waals surface area contributed by atoms with E-state index in [4.69, 9.17) is 0 Å². The molecule has 2 aromatic carbocycles. The Morgan fingerprint density at radius 2 is 2.23 bits per heavy atom. The maximum Gasteiger partial charge on any atom is 0.251 e. The van der Waals surface area contributed by atoms with Gasteiger partial charge < -0.3 is 15.4 Å². The molecule has 0 radical (unpaired) electrons. The molecule has 1 heterocycles. The molecular formula is C21H23N3O2. The number of benzene rings is 2. The summed E-state index contributed by atoms with van der Waals surface area (Å²) in [5.41, 5.74) is 4.78. The monoisotopic (exact) mass is 349 g/mol. The molecule has 0 spiro atoms. The molecule has 26 heavy (non-hydrogen) atoms. The van der Waals surface area contributed by atoms with Crippen LogP contribution in [0.3, 0.4) is 0 Å². The van der Waals surface area contributed by atoms with Crippen LogP contribution in [0.5, 0.6) is 5.75 Å². The number of amides is 1. The number of aromatic hydroxyl groups is 1. The number of fused-ring (bicyclic) bond motifs is 2. The molecule has 5 heteroatoms. The van der Waals surface area contributed by atoms with E-state index in [0.29, 0.717) is 23.8 Å². The van der Waals surface area contributed by atoms with E-state index in [1.165, 1.54) is 5.56 Å². The summed E-state index contributed by atoms with van der Waals surface area (Å²) in [4.78, 5) is 19.5. The minimum atomic E-state index is -0.0526. The molecular weight excluding hydrogens is 326 g/mol. The molecule has 0 aliphatic heterocycles. The number of nitrogens with zero attached hydrogens (tertiary/aromatic N) is 1. The van der Waals surface area contributed by atoms with Gasteiger partial charge in [0.25, 0.3) is 5.91 Å². The second-order valence-corrected chi connectivity index (χ2v) is 6.97. The predicted octanol–water partition coefficient (Wildman–Crippen LogP) is 3.90. The van der Waals surface area contributed by atoms with Crippen LogP contribution in [-0.2, 0) is 6.42 Å². The predicted molar refractivity (Wildman–Crippen MR) is 101 cm³/mol. The summed E-state index contributed by atoms with van der Waals surface area (Å²) in [7, 11) is 0. The number of hydrogen-bond acceptors (Lipinski definition) is 3.